The molecule has 1 fully saturated rings. The van der Waals surface area contributed by atoms with E-state index in [2.05, 4.69) is 32.2 Å². The maximum atomic E-state index is 4.45. The molecule has 1 aliphatic rings. The lowest BCUT2D eigenvalue weighted by molar-refractivity contribution is 0.573. The van der Waals surface area contributed by atoms with Crippen molar-refractivity contribution < 1.29 is 0 Å². The first-order valence-corrected chi connectivity index (χ1v) is 6.70. The predicted octanol–water partition coefficient (Wildman–Crippen LogP) is 1.52. The zero-order valence-corrected chi connectivity index (χ0v) is 11.1. The minimum Gasteiger partial charge on any atom is -0.361 e. The summed E-state index contributed by atoms with van der Waals surface area (Å²) in [6.45, 7) is 3.24. The van der Waals surface area contributed by atoms with Crippen molar-refractivity contribution >= 4 is 5.95 Å². The molecule has 5 nitrogen and oxygen atoms in total. The Bertz CT molecular complexity index is 499. The molecule has 3 rings (SSSR count). The van der Waals surface area contributed by atoms with Crippen molar-refractivity contribution in [3.05, 3.63) is 30.7 Å². The maximum Gasteiger partial charge on any atom is 0.225 e. The molecule has 2 aromatic rings. The lowest BCUT2D eigenvalue weighted by Crippen LogP contribution is -2.28. The summed E-state index contributed by atoms with van der Waals surface area (Å²) in [4.78, 5) is 14.2. The van der Waals surface area contributed by atoms with Gasteiger partial charge in [-0.15, -0.1) is 0 Å². The minimum absolute atomic E-state index is 0.705. The fourth-order valence-electron chi connectivity index (χ4n) is 2.51. The van der Waals surface area contributed by atoms with Gasteiger partial charge in [0.2, 0.25) is 5.95 Å². The SMILES string of the molecule is CN(CC1CCNC1)c1ncc(-c2ccc[nH]2)cn1. The van der Waals surface area contributed by atoms with E-state index in [9.17, 15) is 0 Å². The molecule has 1 atom stereocenters. The number of nitrogens with one attached hydrogen (secondary N) is 2. The lowest BCUT2D eigenvalue weighted by atomic mass is 10.1. The molecule has 2 N–H and O–H groups in total. The van der Waals surface area contributed by atoms with Crippen molar-refractivity contribution in [2.45, 2.75) is 6.42 Å². The Morgan fingerprint density at radius 1 is 1.37 bits per heavy atom. The van der Waals surface area contributed by atoms with Gasteiger partial charge in [0.15, 0.2) is 0 Å². The summed E-state index contributed by atoms with van der Waals surface area (Å²) in [6.07, 6.45) is 6.89. The van der Waals surface area contributed by atoms with Gasteiger partial charge in [-0.1, -0.05) is 0 Å². The Morgan fingerprint density at radius 2 is 2.21 bits per heavy atom. The average molecular weight is 257 g/mol. The van der Waals surface area contributed by atoms with Gasteiger partial charge in [-0.25, -0.2) is 9.97 Å². The average Bonchev–Trinajstić information content (AvgIpc) is 3.12. The van der Waals surface area contributed by atoms with E-state index in [4.69, 9.17) is 0 Å². The van der Waals surface area contributed by atoms with Crippen LogP contribution in [0.25, 0.3) is 11.3 Å². The van der Waals surface area contributed by atoms with Crippen LogP contribution in [0, 0.1) is 5.92 Å². The van der Waals surface area contributed by atoms with E-state index in [-0.39, 0.29) is 0 Å². The van der Waals surface area contributed by atoms with Crippen LogP contribution in [0.15, 0.2) is 30.7 Å². The first-order chi connectivity index (χ1) is 9.33. The van der Waals surface area contributed by atoms with Gasteiger partial charge in [0.05, 0.1) is 0 Å². The molecule has 0 radical (unpaired) electrons. The maximum absolute atomic E-state index is 4.45. The van der Waals surface area contributed by atoms with E-state index in [1.54, 1.807) is 0 Å². The fourth-order valence-corrected chi connectivity index (χ4v) is 2.51. The highest BCUT2D eigenvalue weighted by atomic mass is 15.2. The van der Waals surface area contributed by atoms with Gasteiger partial charge in [-0.3, -0.25) is 0 Å². The molecule has 0 amide bonds. The number of hydrogen-bond donors (Lipinski definition) is 2. The van der Waals surface area contributed by atoms with Crippen molar-refractivity contribution in [3.8, 4) is 11.3 Å². The van der Waals surface area contributed by atoms with Crippen LogP contribution in [0.1, 0.15) is 6.42 Å². The fraction of sp³-hybridized carbons (Fsp3) is 0.429. The molecular formula is C14H19N5. The molecule has 0 aliphatic carbocycles. The second-order valence-electron chi connectivity index (χ2n) is 5.09. The molecule has 0 spiro atoms. The second kappa shape index (κ2) is 5.40. The largest absolute Gasteiger partial charge is 0.361 e. The third-order valence-electron chi connectivity index (χ3n) is 3.58. The van der Waals surface area contributed by atoms with E-state index in [0.717, 1.165) is 36.8 Å². The third kappa shape index (κ3) is 2.76. The number of aromatic nitrogens is 3. The van der Waals surface area contributed by atoms with Crippen molar-refractivity contribution in [3.63, 3.8) is 0 Å². The zero-order valence-electron chi connectivity index (χ0n) is 11.1. The van der Waals surface area contributed by atoms with Gasteiger partial charge in [0, 0.05) is 43.4 Å². The highest BCUT2D eigenvalue weighted by Crippen LogP contribution is 2.17. The molecule has 0 saturated carbocycles. The quantitative estimate of drug-likeness (QED) is 0.872. The molecule has 3 heterocycles. The summed E-state index contributed by atoms with van der Waals surface area (Å²) >= 11 is 0. The van der Waals surface area contributed by atoms with Crippen molar-refractivity contribution in [2.75, 3.05) is 31.6 Å². The molecule has 0 aromatic carbocycles. The van der Waals surface area contributed by atoms with Gasteiger partial charge in [0.1, 0.15) is 0 Å². The highest BCUT2D eigenvalue weighted by Gasteiger charge is 2.17. The molecule has 19 heavy (non-hydrogen) atoms. The standard InChI is InChI=1S/C14H19N5/c1-19(10-11-4-6-15-7-11)14-17-8-12(9-18-14)13-3-2-5-16-13/h2-3,5,8-9,11,15-16H,4,6-7,10H2,1H3. The number of nitrogens with zero attached hydrogens (tertiary/aromatic N) is 3. The van der Waals surface area contributed by atoms with E-state index in [1.807, 2.05) is 30.7 Å². The van der Waals surface area contributed by atoms with Crippen LogP contribution in [0.3, 0.4) is 0 Å². The van der Waals surface area contributed by atoms with Crippen LogP contribution in [-0.2, 0) is 0 Å². The Kier molecular flexibility index (Phi) is 3.46. The van der Waals surface area contributed by atoms with E-state index < -0.39 is 0 Å². The van der Waals surface area contributed by atoms with Crippen molar-refractivity contribution in [1.29, 1.82) is 0 Å². The minimum atomic E-state index is 0.705. The monoisotopic (exact) mass is 257 g/mol. The Balaban J connectivity index is 1.67. The van der Waals surface area contributed by atoms with Crippen LogP contribution in [0.2, 0.25) is 0 Å². The zero-order chi connectivity index (χ0) is 13.1. The van der Waals surface area contributed by atoms with Gasteiger partial charge in [0.25, 0.3) is 0 Å². The van der Waals surface area contributed by atoms with Crippen LogP contribution in [0.5, 0.6) is 0 Å². The van der Waals surface area contributed by atoms with E-state index >= 15 is 0 Å². The van der Waals surface area contributed by atoms with Crippen molar-refractivity contribution in [2.24, 2.45) is 5.92 Å². The summed E-state index contributed by atoms with van der Waals surface area (Å²) in [7, 11) is 2.06. The molecule has 2 aromatic heterocycles. The summed E-state index contributed by atoms with van der Waals surface area (Å²) in [5, 5.41) is 3.39. The summed E-state index contributed by atoms with van der Waals surface area (Å²) in [5.41, 5.74) is 2.07. The van der Waals surface area contributed by atoms with Gasteiger partial charge in [-0.2, -0.15) is 0 Å². The lowest BCUT2D eigenvalue weighted by Gasteiger charge is -2.20. The number of aromatic amines is 1. The molecule has 0 bridgehead atoms. The van der Waals surface area contributed by atoms with Crippen LogP contribution in [-0.4, -0.2) is 41.6 Å². The molecule has 1 aliphatic heterocycles. The van der Waals surface area contributed by atoms with Crippen LogP contribution < -0.4 is 10.2 Å². The molecule has 1 saturated heterocycles. The van der Waals surface area contributed by atoms with Gasteiger partial charge >= 0.3 is 0 Å². The predicted molar refractivity (Wildman–Crippen MR) is 76.1 cm³/mol. The number of H-pyrrole nitrogens is 1. The number of hydrogen-bond acceptors (Lipinski definition) is 4. The molecule has 100 valence electrons. The van der Waals surface area contributed by atoms with Gasteiger partial charge < -0.3 is 15.2 Å². The van der Waals surface area contributed by atoms with Crippen LogP contribution in [0.4, 0.5) is 5.95 Å². The molecular weight excluding hydrogens is 238 g/mol. The molecule has 1 unspecified atom stereocenters. The van der Waals surface area contributed by atoms with Gasteiger partial charge in [-0.05, 0) is 37.6 Å². The normalized spacial score (nSPS) is 18.7. The Labute approximate surface area is 113 Å². The third-order valence-corrected chi connectivity index (χ3v) is 3.58. The van der Waals surface area contributed by atoms with Crippen LogP contribution >= 0.6 is 0 Å². The Morgan fingerprint density at radius 3 is 2.84 bits per heavy atom. The van der Waals surface area contributed by atoms with E-state index in [0.29, 0.717) is 5.92 Å². The number of anilines is 1. The summed E-state index contributed by atoms with van der Waals surface area (Å²) < 4.78 is 0. The first-order valence-electron chi connectivity index (χ1n) is 6.70. The number of rotatable bonds is 4. The second-order valence-corrected chi connectivity index (χ2v) is 5.09. The smallest absolute Gasteiger partial charge is 0.225 e. The molecule has 5 heteroatoms. The topological polar surface area (TPSA) is 56.8 Å². The Hall–Kier alpha value is -1.88. The van der Waals surface area contributed by atoms with Crippen molar-refractivity contribution in [1.82, 2.24) is 20.3 Å². The summed E-state index contributed by atoms with van der Waals surface area (Å²) in [5.74, 6) is 1.50. The first kappa shape index (κ1) is 12.2. The highest BCUT2D eigenvalue weighted by molar-refractivity contribution is 5.57. The summed E-state index contributed by atoms with van der Waals surface area (Å²) in [6, 6.07) is 3.99. The van der Waals surface area contributed by atoms with E-state index in [1.165, 1.54) is 6.42 Å².